The van der Waals surface area contributed by atoms with Crippen LogP contribution in [0.2, 0.25) is 0 Å². The molecule has 2 heterocycles. The maximum absolute atomic E-state index is 4.62. The van der Waals surface area contributed by atoms with E-state index in [9.17, 15) is 0 Å². The molecule has 4 heteroatoms. The average Bonchev–Trinajstić information content (AvgIpc) is 3.25. The quantitative estimate of drug-likeness (QED) is 0.911. The van der Waals surface area contributed by atoms with Gasteiger partial charge in [0.1, 0.15) is 11.5 Å². The summed E-state index contributed by atoms with van der Waals surface area (Å²) in [6, 6.07) is 5.80. The molecule has 1 saturated carbocycles. The van der Waals surface area contributed by atoms with Crippen LogP contribution in [0.1, 0.15) is 24.1 Å². The molecule has 0 radical (unpaired) electrons. The third-order valence-electron chi connectivity index (χ3n) is 3.54. The van der Waals surface area contributed by atoms with Gasteiger partial charge in [-0.25, -0.2) is 9.97 Å². The number of pyridine rings is 1. The second kappa shape index (κ2) is 4.96. The summed E-state index contributed by atoms with van der Waals surface area (Å²) in [6.45, 7) is 5.09. The molecule has 0 aromatic carbocycles. The van der Waals surface area contributed by atoms with Gasteiger partial charge in [-0.05, 0) is 44.7 Å². The number of aromatic nitrogens is 3. The van der Waals surface area contributed by atoms with Gasteiger partial charge in [-0.15, -0.1) is 0 Å². The van der Waals surface area contributed by atoms with Crippen LogP contribution in [-0.2, 0) is 0 Å². The first-order chi connectivity index (χ1) is 9.24. The number of aryl methyl sites for hydroxylation is 1. The highest BCUT2D eigenvalue weighted by atomic mass is 15.0. The van der Waals surface area contributed by atoms with Crippen molar-refractivity contribution in [1.82, 2.24) is 15.0 Å². The molecule has 98 valence electrons. The lowest BCUT2D eigenvalue weighted by molar-refractivity contribution is 0.877. The summed E-state index contributed by atoms with van der Waals surface area (Å²) in [5.74, 6) is 2.47. The molecular formula is C15H18N4. The van der Waals surface area contributed by atoms with Crippen LogP contribution in [0.4, 0.5) is 5.82 Å². The van der Waals surface area contributed by atoms with Crippen LogP contribution in [0.5, 0.6) is 0 Å². The second-order valence-electron chi connectivity index (χ2n) is 5.15. The molecule has 3 rings (SSSR count). The highest BCUT2D eigenvalue weighted by Crippen LogP contribution is 2.29. The van der Waals surface area contributed by atoms with Crippen molar-refractivity contribution in [2.24, 2.45) is 5.92 Å². The summed E-state index contributed by atoms with van der Waals surface area (Å²) in [6.07, 6.45) is 4.44. The summed E-state index contributed by atoms with van der Waals surface area (Å²) in [4.78, 5) is 13.5. The van der Waals surface area contributed by atoms with Crippen molar-refractivity contribution < 1.29 is 0 Å². The molecule has 0 atom stereocenters. The summed E-state index contributed by atoms with van der Waals surface area (Å²) in [5, 5.41) is 3.45. The molecule has 1 aliphatic rings. The van der Waals surface area contributed by atoms with Gasteiger partial charge in [0.2, 0.25) is 0 Å². The van der Waals surface area contributed by atoms with Crippen molar-refractivity contribution >= 4 is 5.82 Å². The minimum atomic E-state index is 0.696. The van der Waals surface area contributed by atoms with Gasteiger partial charge in [0, 0.05) is 24.0 Å². The summed E-state index contributed by atoms with van der Waals surface area (Å²) >= 11 is 0. The predicted molar refractivity (Wildman–Crippen MR) is 76.0 cm³/mol. The number of nitrogens with zero attached hydrogens (tertiary/aromatic N) is 3. The second-order valence-corrected chi connectivity index (χ2v) is 5.15. The van der Waals surface area contributed by atoms with E-state index in [2.05, 4.69) is 27.2 Å². The van der Waals surface area contributed by atoms with E-state index in [1.807, 2.05) is 25.1 Å². The van der Waals surface area contributed by atoms with Crippen molar-refractivity contribution in [2.45, 2.75) is 26.7 Å². The van der Waals surface area contributed by atoms with Crippen molar-refractivity contribution in [3.63, 3.8) is 0 Å². The predicted octanol–water partition coefficient (Wildman–Crippen LogP) is 2.98. The number of nitrogens with one attached hydrogen (secondary N) is 1. The van der Waals surface area contributed by atoms with E-state index in [1.54, 1.807) is 6.20 Å². The van der Waals surface area contributed by atoms with Crippen LogP contribution in [0.25, 0.3) is 11.5 Å². The van der Waals surface area contributed by atoms with Crippen molar-refractivity contribution in [1.29, 1.82) is 0 Å². The van der Waals surface area contributed by atoms with Gasteiger partial charge in [0.15, 0.2) is 5.82 Å². The molecule has 0 spiro atoms. The van der Waals surface area contributed by atoms with Crippen LogP contribution in [-0.4, -0.2) is 21.5 Å². The molecule has 0 aliphatic heterocycles. The molecule has 4 nitrogen and oxygen atoms in total. The van der Waals surface area contributed by atoms with Gasteiger partial charge in [0.05, 0.1) is 0 Å². The molecule has 1 N–H and O–H groups in total. The van der Waals surface area contributed by atoms with Gasteiger partial charge >= 0.3 is 0 Å². The standard InChI is InChI=1S/C15H18N4/c1-10-11(2)18-15(13-5-3-4-8-16-13)19-14(10)17-9-12-6-7-12/h3-5,8,12H,6-7,9H2,1-2H3,(H,17,18,19). The summed E-state index contributed by atoms with van der Waals surface area (Å²) < 4.78 is 0. The Hall–Kier alpha value is -1.97. The van der Waals surface area contributed by atoms with E-state index in [1.165, 1.54) is 12.8 Å². The smallest absolute Gasteiger partial charge is 0.180 e. The van der Waals surface area contributed by atoms with Crippen LogP contribution < -0.4 is 5.32 Å². The van der Waals surface area contributed by atoms with Crippen LogP contribution in [0.15, 0.2) is 24.4 Å². The maximum Gasteiger partial charge on any atom is 0.180 e. The zero-order chi connectivity index (χ0) is 13.2. The van der Waals surface area contributed by atoms with Crippen LogP contribution in [0, 0.1) is 19.8 Å². The SMILES string of the molecule is Cc1nc(-c2ccccn2)nc(NCC2CC2)c1C. The molecule has 1 aliphatic carbocycles. The van der Waals surface area contributed by atoms with Gasteiger partial charge < -0.3 is 5.32 Å². The van der Waals surface area contributed by atoms with Gasteiger partial charge in [-0.1, -0.05) is 6.07 Å². The normalized spacial score (nSPS) is 14.4. The zero-order valence-corrected chi connectivity index (χ0v) is 11.3. The number of rotatable bonds is 4. The Morgan fingerprint density at radius 1 is 1.21 bits per heavy atom. The molecule has 0 unspecified atom stereocenters. The lowest BCUT2D eigenvalue weighted by atomic mass is 10.2. The first kappa shape index (κ1) is 12.1. The summed E-state index contributed by atoms with van der Waals surface area (Å²) in [7, 11) is 0. The monoisotopic (exact) mass is 254 g/mol. The Balaban J connectivity index is 1.92. The van der Waals surface area contributed by atoms with Gasteiger partial charge in [0.25, 0.3) is 0 Å². The number of anilines is 1. The molecule has 0 saturated heterocycles. The van der Waals surface area contributed by atoms with Gasteiger partial charge in [-0.3, -0.25) is 4.98 Å². The molecule has 1 fully saturated rings. The van der Waals surface area contributed by atoms with Crippen LogP contribution in [0.3, 0.4) is 0 Å². The van der Waals surface area contributed by atoms with E-state index >= 15 is 0 Å². The van der Waals surface area contributed by atoms with Crippen molar-refractivity contribution in [2.75, 3.05) is 11.9 Å². The van der Waals surface area contributed by atoms with E-state index in [0.717, 1.165) is 35.2 Å². The Labute approximate surface area is 113 Å². The minimum Gasteiger partial charge on any atom is -0.369 e. The highest BCUT2D eigenvalue weighted by molar-refractivity contribution is 5.56. The zero-order valence-electron chi connectivity index (χ0n) is 11.3. The van der Waals surface area contributed by atoms with E-state index < -0.39 is 0 Å². The third kappa shape index (κ3) is 2.72. The Kier molecular flexibility index (Phi) is 3.15. The van der Waals surface area contributed by atoms with E-state index in [-0.39, 0.29) is 0 Å². The maximum atomic E-state index is 4.62. The number of hydrogen-bond donors (Lipinski definition) is 1. The minimum absolute atomic E-state index is 0.696. The fourth-order valence-corrected chi connectivity index (χ4v) is 1.97. The average molecular weight is 254 g/mol. The Morgan fingerprint density at radius 3 is 2.74 bits per heavy atom. The Morgan fingerprint density at radius 2 is 2.05 bits per heavy atom. The lowest BCUT2D eigenvalue weighted by Gasteiger charge is -2.11. The fourth-order valence-electron chi connectivity index (χ4n) is 1.97. The van der Waals surface area contributed by atoms with Gasteiger partial charge in [-0.2, -0.15) is 0 Å². The molecule has 0 bridgehead atoms. The highest BCUT2D eigenvalue weighted by Gasteiger charge is 2.21. The largest absolute Gasteiger partial charge is 0.369 e. The molecular weight excluding hydrogens is 236 g/mol. The first-order valence-corrected chi connectivity index (χ1v) is 6.74. The Bertz CT molecular complexity index is 576. The molecule has 2 aromatic heterocycles. The molecule has 19 heavy (non-hydrogen) atoms. The summed E-state index contributed by atoms with van der Waals surface area (Å²) in [5.41, 5.74) is 2.95. The lowest BCUT2D eigenvalue weighted by Crippen LogP contribution is -2.09. The molecule has 2 aromatic rings. The van der Waals surface area contributed by atoms with Crippen molar-refractivity contribution in [3.05, 3.63) is 35.7 Å². The third-order valence-corrected chi connectivity index (χ3v) is 3.54. The number of hydrogen-bond acceptors (Lipinski definition) is 4. The first-order valence-electron chi connectivity index (χ1n) is 6.74. The van der Waals surface area contributed by atoms with E-state index in [4.69, 9.17) is 0 Å². The topological polar surface area (TPSA) is 50.7 Å². The van der Waals surface area contributed by atoms with Crippen LogP contribution >= 0.6 is 0 Å². The van der Waals surface area contributed by atoms with Crippen molar-refractivity contribution in [3.8, 4) is 11.5 Å². The van der Waals surface area contributed by atoms with E-state index in [0.29, 0.717) is 5.82 Å². The molecule has 0 amide bonds. The fraction of sp³-hybridized carbons (Fsp3) is 0.400.